The van der Waals surface area contributed by atoms with E-state index in [4.69, 9.17) is 4.74 Å². The summed E-state index contributed by atoms with van der Waals surface area (Å²) in [6.45, 7) is 5.26. The van der Waals surface area contributed by atoms with E-state index in [2.05, 4.69) is 5.32 Å². The molecule has 1 heterocycles. The average molecular weight is 419 g/mol. The van der Waals surface area contributed by atoms with Crippen LogP contribution < -0.4 is 10.1 Å². The van der Waals surface area contributed by atoms with Gasteiger partial charge in [0.2, 0.25) is 15.9 Å². The first-order chi connectivity index (χ1) is 12.5. The summed E-state index contributed by atoms with van der Waals surface area (Å²) in [6, 6.07) is 3.74. The largest absolute Gasteiger partial charge is 0.495 e. The Kier molecular flexibility index (Phi) is 6.54. The summed E-state index contributed by atoms with van der Waals surface area (Å²) in [5, 5.41) is 2.56. The van der Waals surface area contributed by atoms with Crippen molar-refractivity contribution in [2.24, 2.45) is 5.92 Å². The Morgan fingerprint density at radius 1 is 1.37 bits per heavy atom. The minimum Gasteiger partial charge on any atom is -0.495 e. The number of nitrogens with one attached hydrogen (secondary N) is 1. The van der Waals surface area contributed by atoms with Crippen molar-refractivity contribution in [3.63, 3.8) is 0 Å². The Morgan fingerprint density at radius 2 is 2.04 bits per heavy atom. The fraction of sp³-hybridized carbons (Fsp3) is 0.588. The van der Waals surface area contributed by atoms with Crippen LogP contribution in [0.3, 0.4) is 0 Å². The van der Waals surface area contributed by atoms with Crippen molar-refractivity contribution in [3.8, 4) is 5.75 Å². The SMILES string of the molecule is COc1ccc(NC(C)=O)cc1S(=O)(=O)N(CC(C)C)[C@H]1CCS(=O)(=O)C1. The van der Waals surface area contributed by atoms with E-state index in [1.807, 2.05) is 13.8 Å². The standard InChI is InChI=1S/C17H26N2O6S2/c1-12(2)10-19(15-7-8-26(21,22)11-15)27(23,24)17-9-14(18-13(3)20)5-6-16(17)25-4/h5-6,9,12,15H,7-8,10-11H2,1-4H3,(H,18,20)/t15-/m0/s1. The van der Waals surface area contributed by atoms with E-state index in [0.717, 1.165) is 0 Å². The van der Waals surface area contributed by atoms with Crippen LogP contribution in [-0.4, -0.2) is 58.3 Å². The molecule has 1 aliphatic heterocycles. The molecule has 1 aliphatic rings. The summed E-state index contributed by atoms with van der Waals surface area (Å²) in [6.07, 6.45) is 0.266. The molecule has 0 unspecified atom stereocenters. The molecule has 1 fully saturated rings. The number of carbonyl (C=O) groups excluding carboxylic acids is 1. The van der Waals surface area contributed by atoms with Crippen molar-refractivity contribution >= 4 is 31.5 Å². The smallest absolute Gasteiger partial charge is 0.247 e. The normalized spacial score (nSPS) is 19.4. The molecule has 1 aromatic carbocycles. The Bertz CT molecular complexity index is 909. The van der Waals surface area contributed by atoms with Gasteiger partial charge in [-0.1, -0.05) is 13.8 Å². The van der Waals surface area contributed by atoms with Crippen molar-refractivity contribution in [2.45, 2.75) is 38.1 Å². The molecule has 1 aromatic rings. The van der Waals surface area contributed by atoms with Gasteiger partial charge in [-0.15, -0.1) is 0 Å². The highest BCUT2D eigenvalue weighted by molar-refractivity contribution is 7.92. The number of ether oxygens (including phenoxy) is 1. The van der Waals surface area contributed by atoms with Crippen LogP contribution in [0.25, 0.3) is 0 Å². The molecule has 10 heteroatoms. The zero-order chi connectivity index (χ0) is 20.4. The van der Waals surface area contributed by atoms with Crippen molar-refractivity contribution in [1.82, 2.24) is 4.31 Å². The molecule has 0 bridgehead atoms. The van der Waals surface area contributed by atoms with Crippen LogP contribution in [0.1, 0.15) is 27.2 Å². The summed E-state index contributed by atoms with van der Waals surface area (Å²) in [5.41, 5.74) is 0.324. The molecule has 1 amide bonds. The number of carbonyl (C=O) groups is 1. The van der Waals surface area contributed by atoms with Crippen LogP contribution in [0.4, 0.5) is 5.69 Å². The van der Waals surface area contributed by atoms with Gasteiger partial charge in [0, 0.05) is 25.2 Å². The summed E-state index contributed by atoms with van der Waals surface area (Å²) in [7, 11) is -5.93. The van der Waals surface area contributed by atoms with Gasteiger partial charge in [-0.25, -0.2) is 16.8 Å². The van der Waals surface area contributed by atoms with Crippen LogP contribution in [-0.2, 0) is 24.7 Å². The second-order valence-electron chi connectivity index (χ2n) is 7.07. The monoisotopic (exact) mass is 418 g/mol. The maximum absolute atomic E-state index is 13.4. The van der Waals surface area contributed by atoms with Gasteiger partial charge >= 0.3 is 0 Å². The lowest BCUT2D eigenvalue weighted by atomic mass is 10.2. The van der Waals surface area contributed by atoms with E-state index >= 15 is 0 Å². The first-order valence-corrected chi connectivity index (χ1v) is 11.9. The summed E-state index contributed by atoms with van der Waals surface area (Å²) in [4.78, 5) is 11.2. The Morgan fingerprint density at radius 3 is 2.52 bits per heavy atom. The molecule has 0 spiro atoms. The highest BCUT2D eigenvalue weighted by Gasteiger charge is 2.40. The second kappa shape index (κ2) is 8.15. The van der Waals surface area contributed by atoms with E-state index in [0.29, 0.717) is 5.69 Å². The fourth-order valence-corrected chi connectivity index (χ4v) is 6.92. The molecule has 27 heavy (non-hydrogen) atoms. The molecule has 2 rings (SSSR count). The number of benzene rings is 1. The molecule has 0 saturated carbocycles. The lowest BCUT2D eigenvalue weighted by Crippen LogP contribution is -2.43. The van der Waals surface area contributed by atoms with Crippen LogP contribution in [0.15, 0.2) is 23.1 Å². The predicted octanol–water partition coefficient (Wildman–Crippen LogP) is 1.49. The van der Waals surface area contributed by atoms with Gasteiger partial charge in [0.1, 0.15) is 10.6 Å². The molecule has 1 N–H and O–H groups in total. The summed E-state index contributed by atoms with van der Waals surface area (Å²) in [5.74, 6) is -0.395. The van der Waals surface area contributed by atoms with Gasteiger partial charge in [-0.05, 0) is 30.5 Å². The minimum atomic E-state index is -4.04. The molecule has 0 aromatic heterocycles. The third-order valence-corrected chi connectivity index (χ3v) is 7.92. The van der Waals surface area contributed by atoms with Crippen LogP contribution in [0.2, 0.25) is 0 Å². The molecule has 8 nitrogen and oxygen atoms in total. The highest BCUT2D eigenvalue weighted by atomic mass is 32.2. The second-order valence-corrected chi connectivity index (χ2v) is 11.2. The number of anilines is 1. The maximum Gasteiger partial charge on any atom is 0.247 e. The number of methoxy groups -OCH3 is 1. The van der Waals surface area contributed by atoms with Crippen molar-refractivity contribution in [1.29, 1.82) is 0 Å². The zero-order valence-electron chi connectivity index (χ0n) is 15.9. The maximum atomic E-state index is 13.4. The van der Waals surface area contributed by atoms with E-state index in [1.54, 1.807) is 6.07 Å². The number of hydrogen-bond donors (Lipinski definition) is 1. The summed E-state index contributed by atoms with van der Waals surface area (Å²) < 4.78 is 57.1. The number of sulfonamides is 1. The molecule has 152 valence electrons. The Hall–Kier alpha value is -1.65. The summed E-state index contributed by atoms with van der Waals surface area (Å²) >= 11 is 0. The average Bonchev–Trinajstić information content (AvgIpc) is 2.91. The molecule has 0 radical (unpaired) electrons. The first kappa shape index (κ1) is 21.6. The van der Waals surface area contributed by atoms with Gasteiger partial charge in [0.25, 0.3) is 0 Å². The van der Waals surface area contributed by atoms with Gasteiger partial charge in [0.05, 0.1) is 18.6 Å². The van der Waals surface area contributed by atoms with E-state index in [9.17, 15) is 21.6 Å². The third-order valence-electron chi connectivity index (χ3n) is 4.23. The van der Waals surface area contributed by atoms with E-state index in [1.165, 1.54) is 30.5 Å². The van der Waals surface area contributed by atoms with Gasteiger partial charge < -0.3 is 10.1 Å². The number of sulfone groups is 1. The number of nitrogens with zero attached hydrogens (tertiary/aromatic N) is 1. The number of amides is 1. The topological polar surface area (TPSA) is 110 Å². The Labute approximate surface area is 160 Å². The third kappa shape index (κ3) is 5.20. The molecular weight excluding hydrogens is 392 g/mol. The molecule has 1 saturated heterocycles. The zero-order valence-corrected chi connectivity index (χ0v) is 17.6. The molecule has 1 atom stereocenters. The fourth-order valence-electron chi connectivity index (χ4n) is 3.09. The lowest BCUT2D eigenvalue weighted by molar-refractivity contribution is -0.114. The highest BCUT2D eigenvalue weighted by Crippen LogP contribution is 2.33. The lowest BCUT2D eigenvalue weighted by Gasteiger charge is -2.29. The van der Waals surface area contributed by atoms with Crippen molar-refractivity contribution < 1.29 is 26.4 Å². The first-order valence-electron chi connectivity index (χ1n) is 8.64. The van der Waals surface area contributed by atoms with Gasteiger partial charge in [-0.3, -0.25) is 4.79 Å². The number of hydrogen-bond acceptors (Lipinski definition) is 6. The minimum absolute atomic E-state index is 0.00704. The van der Waals surface area contributed by atoms with Gasteiger partial charge in [0.15, 0.2) is 9.84 Å². The quantitative estimate of drug-likeness (QED) is 0.718. The van der Waals surface area contributed by atoms with Crippen molar-refractivity contribution in [3.05, 3.63) is 18.2 Å². The number of rotatable bonds is 7. The van der Waals surface area contributed by atoms with Gasteiger partial charge in [-0.2, -0.15) is 4.31 Å². The van der Waals surface area contributed by atoms with Crippen LogP contribution in [0.5, 0.6) is 5.75 Å². The Balaban J connectivity index is 2.52. The van der Waals surface area contributed by atoms with E-state index < -0.39 is 25.9 Å². The van der Waals surface area contributed by atoms with Crippen LogP contribution in [0, 0.1) is 5.92 Å². The van der Waals surface area contributed by atoms with Crippen molar-refractivity contribution in [2.75, 3.05) is 30.5 Å². The van der Waals surface area contributed by atoms with Crippen LogP contribution >= 0.6 is 0 Å². The molecular formula is C17H26N2O6S2. The molecule has 0 aliphatic carbocycles. The predicted molar refractivity (Wildman–Crippen MR) is 103 cm³/mol. The van der Waals surface area contributed by atoms with E-state index in [-0.39, 0.29) is 46.9 Å².